The summed E-state index contributed by atoms with van der Waals surface area (Å²) >= 11 is 0. The van der Waals surface area contributed by atoms with Gasteiger partial charge in [-0.15, -0.1) is 0 Å². The number of hydrogen-bond donors (Lipinski definition) is 0. The van der Waals surface area contributed by atoms with Gasteiger partial charge >= 0.3 is 0 Å². The van der Waals surface area contributed by atoms with E-state index in [0.717, 1.165) is 56.4 Å². The fourth-order valence-electron chi connectivity index (χ4n) is 4.14. The summed E-state index contributed by atoms with van der Waals surface area (Å²) in [6.45, 7) is 0. The van der Waals surface area contributed by atoms with Crippen LogP contribution in [-0.2, 0) is 14.1 Å². The highest BCUT2D eigenvalue weighted by atomic mass is 16.5. The van der Waals surface area contributed by atoms with Gasteiger partial charge in [-0.25, -0.2) is 4.98 Å². The number of imidazole rings is 1. The zero-order valence-electron chi connectivity index (χ0n) is 18.5. The fraction of sp³-hybridized carbons (Fsp3) is 0.154. The summed E-state index contributed by atoms with van der Waals surface area (Å²) in [7, 11) is 7.36. The molecule has 0 atom stereocenters. The molecule has 6 heteroatoms. The van der Waals surface area contributed by atoms with Gasteiger partial charge in [0.15, 0.2) is 0 Å². The lowest BCUT2D eigenvalue weighted by Crippen LogP contribution is -1.97. The highest BCUT2D eigenvalue weighted by Crippen LogP contribution is 2.40. The molecule has 0 saturated heterocycles. The summed E-state index contributed by atoms with van der Waals surface area (Å²) in [5, 5.41) is 4.93. The van der Waals surface area contributed by atoms with Crippen molar-refractivity contribution in [1.82, 2.24) is 19.3 Å². The van der Waals surface area contributed by atoms with E-state index in [1.54, 1.807) is 14.2 Å². The minimum Gasteiger partial charge on any atom is -0.497 e. The number of hydrogen-bond acceptors (Lipinski definition) is 4. The average molecular weight is 425 g/mol. The van der Waals surface area contributed by atoms with Gasteiger partial charge in [-0.3, -0.25) is 4.68 Å². The van der Waals surface area contributed by atoms with Crippen LogP contribution in [0.3, 0.4) is 0 Å². The minimum absolute atomic E-state index is 0.810. The van der Waals surface area contributed by atoms with Gasteiger partial charge in [-0.2, -0.15) is 5.10 Å². The Balaban J connectivity index is 1.80. The second kappa shape index (κ2) is 7.89. The summed E-state index contributed by atoms with van der Waals surface area (Å²) < 4.78 is 14.8. The smallest absolute Gasteiger partial charge is 0.145 e. The first-order valence-electron chi connectivity index (χ1n) is 10.4. The normalized spacial score (nSPS) is 11.1. The molecule has 0 radical (unpaired) electrons. The van der Waals surface area contributed by atoms with Gasteiger partial charge in [0, 0.05) is 25.2 Å². The zero-order chi connectivity index (χ0) is 22.2. The molecule has 0 aliphatic rings. The number of methoxy groups -OCH3 is 2. The van der Waals surface area contributed by atoms with Crippen LogP contribution in [0.25, 0.3) is 44.9 Å². The van der Waals surface area contributed by atoms with Gasteiger partial charge in [0.25, 0.3) is 0 Å². The predicted octanol–water partition coefficient (Wildman–Crippen LogP) is 5.33. The molecule has 0 spiro atoms. The lowest BCUT2D eigenvalue weighted by Gasteiger charge is -2.09. The van der Waals surface area contributed by atoms with Crippen LogP contribution in [0.2, 0.25) is 0 Å². The first-order valence-corrected chi connectivity index (χ1v) is 10.4. The van der Waals surface area contributed by atoms with E-state index in [2.05, 4.69) is 22.8 Å². The van der Waals surface area contributed by atoms with Crippen molar-refractivity contribution in [2.24, 2.45) is 14.1 Å². The Morgan fingerprint density at radius 3 is 1.91 bits per heavy atom. The molecule has 0 saturated carbocycles. The summed E-state index contributed by atoms with van der Waals surface area (Å²) in [5.41, 5.74) is 6.94. The van der Waals surface area contributed by atoms with Crippen LogP contribution < -0.4 is 9.47 Å². The van der Waals surface area contributed by atoms with E-state index in [0.29, 0.717) is 0 Å². The summed E-state index contributed by atoms with van der Waals surface area (Å²) in [6, 6.07) is 24.2. The molecule has 0 unspecified atom stereocenters. The minimum atomic E-state index is 0.810. The Morgan fingerprint density at radius 2 is 1.31 bits per heavy atom. The van der Waals surface area contributed by atoms with Crippen LogP contribution in [0.4, 0.5) is 0 Å². The SMILES string of the molecule is COc1ccc(-c2nn(C)c(-c3ccc(OC)cc3)c2-c2nc3ccccc3n2C)cc1. The van der Waals surface area contributed by atoms with Crippen LogP contribution in [0, 0.1) is 0 Å². The molecule has 2 aromatic heterocycles. The number of fused-ring (bicyclic) bond motifs is 1. The van der Waals surface area contributed by atoms with Gasteiger partial charge in [0.05, 0.1) is 36.5 Å². The molecule has 5 aromatic rings. The van der Waals surface area contributed by atoms with Crippen LogP contribution in [0.5, 0.6) is 11.5 Å². The zero-order valence-corrected chi connectivity index (χ0v) is 18.5. The van der Waals surface area contributed by atoms with Gasteiger partial charge in [-0.05, 0) is 60.7 Å². The van der Waals surface area contributed by atoms with Gasteiger partial charge in [0.2, 0.25) is 0 Å². The fourth-order valence-corrected chi connectivity index (χ4v) is 4.14. The van der Waals surface area contributed by atoms with Crippen molar-refractivity contribution in [3.8, 4) is 45.4 Å². The maximum Gasteiger partial charge on any atom is 0.145 e. The van der Waals surface area contributed by atoms with E-state index in [9.17, 15) is 0 Å². The van der Waals surface area contributed by atoms with Crippen LogP contribution >= 0.6 is 0 Å². The first-order chi connectivity index (χ1) is 15.6. The molecule has 160 valence electrons. The molecule has 3 aromatic carbocycles. The Labute approximate surface area is 186 Å². The quantitative estimate of drug-likeness (QED) is 0.383. The summed E-state index contributed by atoms with van der Waals surface area (Å²) in [6.07, 6.45) is 0. The number of nitrogens with zero attached hydrogens (tertiary/aromatic N) is 4. The van der Waals surface area contributed by atoms with Crippen molar-refractivity contribution in [2.45, 2.75) is 0 Å². The molecule has 6 nitrogen and oxygen atoms in total. The van der Waals surface area contributed by atoms with Crippen molar-refractivity contribution < 1.29 is 9.47 Å². The second-order valence-corrected chi connectivity index (χ2v) is 7.64. The van der Waals surface area contributed by atoms with E-state index in [-0.39, 0.29) is 0 Å². The Hall–Kier alpha value is -4.06. The second-order valence-electron chi connectivity index (χ2n) is 7.64. The van der Waals surface area contributed by atoms with Gasteiger partial charge < -0.3 is 14.0 Å². The molecule has 32 heavy (non-hydrogen) atoms. The summed E-state index contributed by atoms with van der Waals surface area (Å²) in [5.74, 6) is 2.50. The standard InChI is InChI=1S/C26H24N4O2/c1-29-22-8-6-5-7-21(22)27-26(29)23-24(17-9-13-19(31-3)14-10-17)28-30(2)25(23)18-11-15-20(32-4)16-12-18/h5-16H,1-4H3. The lowest BCUT2D eigenvalue weighted by atomic mass is 10.0. The van der Waals surface area contributed by atoms with E-state index in [1.165, 1.54) is 0 Å². The topological polar surface area (TPSA) is 54.1 Å². The Kier molecular flexibility index (Phi) is 4.90. The van der Waals surface area contributed by atoms with Crippen LogP contribution in [-0.4, -0.2) is 33.6 Å². The molecule has 0 amide bonds. The molecule has 0 aliphatic carbocycles. The number of ether oxygens (including phenoxy) is 2. The highest BCUT2D eigenvalue weighted by molar-refractivity contribution is 5.92. The molecule has 2 heterocycles. The average Bonchev–Trinajstić information content (AvgIpc) is 3.36. The molecule has 0 N–H and O–H groups in total. The van der Waals surface area contributed by atoms with Crippen molar-refractivity contribution in [3.05, 3.63) is 72.8 Å². The van der Waals surface area contributed by atoms with Crippen LogP contribution in [0.1, 0.15) is 0 Å². The maximum absolute atomic E-state index is 5.35. The van der Waals surface area contributed by atoms with Gasteiger partial charge in [-0.1, -0.05) is 12.1 Å². The Morgan fingerprint density at radius 1 is 0.719 bits per heavy atom. The number of rotatable bonds is 5. The molecule has 5 rings (SSSR count). The Bertz CT molecular complexity index is 1400. The van der Waals surface area contributed by atoms with Gasteiger partial charge in [0.1, 0.15) is 23.0 Å². The largest absolute Gasteiger partial charge is 0.497 e. The third-order valence-electron chi connectivity index (χ3n) is 5.78. The highest BCUT2D eigenvalue weighted by Gasteiger charge is 2.24. The lowest BCUT2D eigenvalue weighted by molar-refractivity contribution is 0.414. The number of aromatic nitrogens is 4. The van der Waals surface area contributed by atoms with Crippen LogP contribution in [0.15, 0.2) is 72.8 Å². The maximum atomic E-state index is 5.35. The molecule has 0 bridgehead atoms. The molecular formula is C26H24N4O2. The third-order valence-corrected chi connectivity index (χ3v) is 5.78. The van der Waals surface area contributed by atoms with E-state index >= 15 is 0 Å². The van der Waals surface area contributed by atoms with Crippen molar-refractivity contribution in [1.29, 1.82) is 0 Å². The molecule has 0 fully saturated rings. The molecule has 0 aliphatic heterocycles. The molecular weight excluding hydrogens is 400 g/mol. The van der Waals surface area contributed by atoms with Crippen molar-refractivity contribution in [2.75, 3.05) is 14.2 Å². The third kappa shape index (κ3) is 3.21. The number of benzene rings is 3. The summed E-state index contributed by atoms with van der Waals surface area (Å²) in [4.78, 5) is 5.00. The van der Waals surface area contributed by atoms with Crippen molar-refractivity contribution in [3.63, 3.8) is 0 Å². The number of aryl methyl sites for hydroxylation is 2. The van der Waals surface area contributed by atoms with E-state index in [4.69, 9.17) is 19.6 Å². The number of para-hydroxylation sites is 2. The van der Waals surface area contributed by atoms with E-state index < -0.39 is 0 Å². The monoisotopic (exact) mass is 424 g/mol. The first kappa shape index (κ1) is 19.9. The van der Waals surface area contributed by atoms with Crippen molar-refractivity contribution >= 4 is 11.0 Å². The van der Waals surface area contributed by atoms with E-state index in [1.807, 2.05) is 73.4 Å². The predicted molar refractivity (Wildman–Crippen MR) is 127 cm³/mol.